The topological polar surface area (TPSA) is 63.1 Å². The van der Waals surface area contributed by atoms with Crippen molar-refractivity contribution in [2.45, 2.75) is 32.7 Å². The third kappa shape index (κ3) is 3.97. The highest BCUT2D eigenvalue weighted by molar-refractivity contribution is 6.39. The third-order valence-corrected chi connectivity index (χ3v) is 6.17. The number of rotatable bonds is 4. The molecule has 152 valence electrons. The van der Waals surface area contributed by atoms with Gasteiger partial charge in [-0.15, -0.1) is 0 Å². The fourth-order valence-corrected chi connectivity index (χ4v) is 4.34. The number of fused-ring (bicyclic) bond motifs is 1. The molecule has 1 N–H and O–H groups in total. The van der Waals surface area contributed by atoms with Crippen molar-refractivity contribution in [1.82, 2.24) is 19.7 Å². The van der Waals surface area contributed by atoms with E-state index >= 15 is 0 Å². The molecule has 1 aromatic carbocycles. The Morgan fingerprint density at radius 1 is 1.21 bits per heavy atom. The van der Waals surface area contributed by atoms with E-state index in [9.17, 15) is 4.79 Å². The molecule has 4 rings (SSSR count). The number of hydrogen-bond acceptors (Lipinski definition) is 4. The number of anilines is 1. The molecule has 1 amide bonds. The molecule has 3 heterocycles. The fourth-order valence-electron chi connectivity index (χ4n) is 3.86. The number of aromatic nitrogens is 3. The van der Waals surface area contributed by atoms with Gasteiger partial charge in [0.2, 0.25) is 0 Å². The number of likely N-dealkylation sites (tertiary alicyclic amines) is 1. The summed E-state index contributed by atoms with van der Waals surface area (Å²) in [7, 11) is 0. The van der Waals surface area contributed by atoms with Crippen LogP contribution in [0.4, 0.5) is 5.69 Å². The van der Waals surface area contributed by atoms with Crippen LogP contribution < -0.4 is 5.32 Å². The first kappa shape index (κ1) is 20.1. The minimum Gasteiger partial charge on any atom is -0.322 e. The van der Waals surface area contributed by atoms with E-state index in [1.54, 1.807) is 24.3 Å². The van der Waals surface area contributed by atoms with Crippen LogP contribution in [0.3, 0.4) is 0 Å². The number of nitrogens with zero attached hydrogens (tertiary/aromatic N) is 4. The minimum absolute atomic E-state index is 0.298. The number of benzene rings is 1. The van der Waals surface area contributed by atoms with Crippen LogP contribution in [-0.4, -0.2) is 45.2 Å². The lowest BCUT2D eigenvalue weighted by molar-refractivity contribution is 0.102. The van der Waals surface area contributed by atoms with Crippen LogP contribution >= 0.6 is 23.2 Å². The van der Waals surface area contributed by atoms with Gasteiger partial charge in [-0.3, -0.25) is 4.79 Å². The lowest BCUT2D eigenvalue weighted by Crippen LogP contribution is -2.34. The SMILES string of the molecule is CCN1CCC(n2nc(C)c3c(Cl)c(C(=O)Nc4ccc(Cl)cc4)cnc32)CC1. The van der Waals surface area contributed by atoms with Gasteiger partial charge in [0.15, 0.2) is 5.65 Å². The molecule has 1 aliphatic rings. The maximum absolute atomic E-state index is 12.8. The Hall–Kier alpha value is -2.15. The zero-order valence-electron chi connectivity index (χ0n) is 16.5. The van der Waals surface area contributed by atoms with Crippen molar-refractivity contribution in [3.63, 3.8) is 0 Å². The number of hydrogen-bond donors (Lipinski definition) is 1. The van der Waals surface area contributed by atoms with Gasteiger partial charge in [0, 0.05) is 30.0 Å². The minimum atomic E-state index is -0.310. The summed E-state index contributed by atoms with van der Waals surface area (Å²) >= 11 is 12.5. The summed E-state index contributed by atoms with van der Waals surface area (Å²) in [6.45, 7) is 7.27. The van der Waals surface area contributed by atoms with E-state index in [0.717, 1.165) is 49.2 Å². The summed E-state index contributed by atoms with van der Waals surface area (Å²) in [4.78, 5) is 19.8. The van der Waals surface area contributed by atoms with Gasteiger partial charge >= 0.3 is 0 Å². The van der Waals surface area contributed by atoms with E-state index in [1.165, 1.54) is 6.20 Å². The van der Waals surface area contributed by atoms with Crippen molar-refractivity contribution < 1.29 is 4.79 Å². The van der Waals surface area contributed by atoms with Crippen LogP contribution in [-0.2, 0) is 0 Å². The molecule has 1 saturated heterocycles. The van der Waals surface area contributed by atoms with Gasteiger partial charge in [0.05, 0.1) is 27.7 Å². The Labute approximate surface area is 179 Å². The van der Waals surface area contributed by atoms with Gasteiger partial charge in [0.25, 0.3) is 5.91 Å². The van der Waals surface area contributed by atoms with Crippen LogP contribution in [0, 0.1) is 6.92 Å². The highest BCUT2D eigenvalue weighted by Gasteiger charge is 2.25. The number of halogens is 2. The van der Waals surface area contributed by atoms with Gasteiger partial charge in [-0.05, 0) is 50.6 Å². The number of carbonyl (C=O) groups excluding carboxylic acids is 1. The highest BCUT2D eigenvalue weighted by atomic mass is 35.5. The second-order valence-corrected chi connectivity index (χ2v) is 8.16. The van der Waals surface area contributed by atoms with E-state index in [1.807, 2.05) is 11.6 Å². The maximum Gasteiger partial charge on any atom is 0.258 e. The van der Waals surface area contributed by atoms with E-state index < -0.39 is 0 Å². The zero-order chi connectivity index (χ0) is 20.5. The average molecular weight is 432 g/mol. The van der Waals surface area contributed by atoms with E-state index in [0.29, 0.717) is 27.3 Å². The van der Waals surface area contributed by atoms with Gasteiger partial charge < -0.3 is 10.2 Å². The first-order valence-electron chi connectivity index (χ1n) is 9.80. The number of amides is 1. The van der Waals surface area contributed by atoms with Crippen LogP contribution in [0.5, 0.6) is 0 Å². The molecule has 0 unspecified atom stereocenters. The summed E-state index contributed by atoms with van der Waals surface area (Å²) in [6, 6.07) is 7.22. The summed E-state index contributed by atoms with van der Waals surface area (Å²) in [5, 5.41) is 9.30. The van der Waals surface area contributed by atoms with E-state index in [2.05, 4.69) is 22.1 Å². The predicted molar refractivity (Wildman–Crippen MR) is 117 cm³/mol. The molecule has 0 aliphatic carbocycles. The number of carbonyl (C=O) groups is 1. The molecule has 0 spiro atoms. The van der Waals surface area contributed by atoms with Crippen molar-refractivity contribution >= 4 is 45.8 Å². The fraction of sp³-hybridized carbons (Fsp3) is 0.381. The number of pyridine rings is 1. The summed E-state index contributed by atoms with van der Waals surface area (Å²) < 4.78 is 1.99. The maximum atomic E-state index is 12.8. The van der Waals surface area contributed by atoms with Crippen molar-refractivity contribution in [3.05, 3.63) is 51.8 Å². The normalized spacial score (nSPS) is 15.7. The molecule has 0 bridgehead atoms. The zero-order valence-corrected chi connectivity index (χ0v) is 18.0. The summed E-state index contributed by atoms with van der Waals surface area (Å²) in [5.74, 6) is -0.310. The van der Waals surface area contributed by atoms with Gasteiger partial charge in [-0.1, -0.05) is 30.1 Å². The Kier molecular flexibility index (Phi) is 5.76. The quantitative estimate of drug-likeness (QED) is 0.633. The van der Waals surface area contributed by atoms with Crippen LogP contribution in [0.1, 0.15) is 41.9 Å². The number of aryl methyl sites for hydroxylation is 1. The predicted octanol–water partition coefficient (Wildman–Crippen LogP) is 4.96. The van der Waals surface area contributed by atoms with Crippen molar-refractivity contribution in [2.24, 2.45) is 0 Å². The summed E-state index contributed by atoms with van der Waals surface area (Å²) in [5.41, 5.74) is 2.50. The standard InChI is InChI=1S/C21H23Cl2N5O/c1-3-27-10-8-16(9-11-27)28-20-18(13(2)26-28)19(23)17(12-24-20)21(29)25-15-6-4-14(22)5-7-15/h4-7,12,16H,3,8-11H2,1-2H3,(H,25,29). The molecule has 3 aromatic rings. The Balaban J connectivity index is 1.63. The Bertz CT molecular complexity index is 1040. The molecule has 1 fully saturated rings. The molecular weight excluding hydrogens is 409 g/mol. The summed E-state index contributed by atoms with van der Waals surface area (Å²) in [6.07, 6.45) is 3.60. The van der Waals surface area contributed by atoms with E-state index in [4.69, 9.17) is 28.3 Å². The third-order valence-electron chi connectivity index (χ3n) is 5.53. The molecule has 29 heavy (non-hydrogen) atoms. The molecule has 6 nitrogen and oxygen atoms in total. The highest BCUT2D eigenvalue weighted by Crippen LogP contribution is 2.32. The largest absolute Gasteiger partial charge is 0.322 e. The number of nitrogens with one attached hydrogen (secondary N) is 1. The van der Waals surface area contributed by atoms with Crippen molar-refractivity contribution in [2.75, 3.05) is 25.0 Å². The molecule has 8 heteroatoms. The Morgan fingerprint density at radius 3 is 2.55 bits per heavy atom. The first-order valence-corrected chi connectivity index (χ1v) is 10.6. The lowest BCUT2D eigenvalue weighted by atomic mass is 10.1. The Morgan fingerprint density at radius 2 is 1.90 bits per heavy atom. The molecule has 1 aliphatic heterocycles. The van der Waals surface area contributed by atoms with Crippen LogP contribution in [0.25, 0.3) is 11.0 Å². The van der Waals surface area contributed by atoms with Crippen LogP contribution in [0.2, 0.25) is 10.0 Å². The van der Waals surface area contributed by atoms with Crippen molar-refractivity contribution in [3.8, 4) is 0 Å². The molecular formula is C21H23Cl2N5O. The lowest BCUT2D eigenvalue weighted by Gasteiger charge is -2.31. The molecule has 0 radical (unpaired) electrons. The smallest absolute Gasteiger partial charge is 0.258 e. The van der Waals surface area contributed by atoms with E-state index in [-0.39, 0.29) is 5.91 Å². The molecule has 0 atom stereocenters. The second kappa shape index (κ2) is 8.30. The molecule has 2 aromatic heterocycles. The monoisotopic (exact) mass is 431 g/mol. The van der Waals surface area contributed by atoms with Gasteiger partial charge in [0.1, 0.15) is 0 Å². The van der Waals surface area contributed by atoms with Gasteiger partial charge in [-0.2, -0.15) is 5.10 Å². The first-order chi connectivity index (χ1) is 14.0. The molecule has 0 saturated carbocycles. The van der Waals surface area contributed by atoms with Crippen LogP contribution in [0.15, 0.2) is 30.5 Å². The number of piperidine rings is 1. The average Bonchev–Trinajstić information content (AvgIpc) is 3.07. The van der Waals surface area contributed by atoms with Crippen molar-refractivity contribution in [1.29, 1.82) is 0 Å². The van der Waals surface area contributed by atoms with Gasteiger partial charge in [-0.25, -0.2) is 9.67 Å². The second-order valence-electron chi connectivity index (χ2n) is 7.34.